The third-order valence-electron chi connectivity index (χ3n) is 1.79. The lowest BCUT2D eigenvalue weighted by Gasteiger charge is -1.91. The second-order valence-corrected chi connectivity index (χ2v) is 2.76. The first-order valence-electron chi connectivity index (χ1n) is 3.99. The molecule has 0 aliphatic heterocycles. The first-order chi connectivity index (χ1) is 6.27. The van der Waals surface area contributed by atoms with Crippen LogP contribution < -0.4 is 0 Å². The molecule has 2 aromatic rings. The summed E-state index contributed by atoms with van der Waals surface area (Å²) in [5.74, 6) is 0.855. The van der Waals surface area contributed by atoms with Gasteiger partial charge in [0.05, 0.1) is 0 Å². The summed E-state index contributed by atoms with van der Waals surface area (Å²) in [7, 11) is 0. The molecule has 0 spiro atoms. The Morgan fingerprint density at radius 2 is 1.92 bits per heavy atom. The zero-order valence-corrected chi connectivity index (χ0v) is 7.19. The van der Waals surface area contributed by atoms with Crippen LogP contribution in [0.1, 0.15) is 5.76 Å². The van der Waals surface area contributed by atoms with E-state index in [9.17, 15) is 5.11 Å². The molecule has 1 aromatic heterocycles. The smallest absolute Gasteiger partial charge is 0.253 e. The van der Waals surface area contributed by atoms with E-state index in [1.54, 1.807) is 6.92 Å². The van der Waals surface area contributed by atoms with E-state index in [0.29, 0.717) is 11.7 Å². The van der Waals surface area contributed by atoms with Gasteiger partial charge in [0.1, 0.15) is 0 Å². The molecule has 0 unspecified atom stereocenters. The van der Waals surface area contributed by atoms with Crippen molar-refractivity contribution in [3.8, 4) is 17.3 Å². The van der Waals surface area contributed by atoms with E-state index in [2.05, 4.69) is 4.98 Å². The molecule has 3 nitrogen and oxygen atoms in total. The second-order valence-electron chi connectivity index (χ2n) is 2.76. The highest BCUT2D eigenvalue weighted by molar-refractivity contribution is 5.53. The summed E-state index contributed by atoms with van der Waals surface area (Å²) in [5, 5.41) is 9.20. The van der Waals surface area contributed by atoms with Crippen LogP contribution in [-0.4, -0.2) is 10.1 Å². The first-order valence-corrected chi connectivity index (χ1v) is 3.99. The minimum absolute atomic E-state index is 0.0427. The van der Waals surface area contributed by atoms with Gasteiger partial charge in [0.15, 0.2) is 5.76 Å². The van der Waals surface area contributed by atoms with Gasteiger partial charge in [0, 0.05) is 5.56 Å². The molecule has 0 radical (unpaired) electrons. The number of oxazole rings is 1. The van der Waals surface area contributed by atoms with Crippen molar-refractivity contribution in [3.05, 3.63) is 36.1 Å². The normalized spacial score (nSPS) is 10.2. The van der Waals surface area contributed by atoms with Gasteiger partial charge in [-0.05, 0) is 19.1 Å². The molecule has 0 bridgehead atoms. The zero-order valence-electron chi connectivity index (χ0n) is 7.19. The van der Waals surface area contributed by atoms with E-state index >= 15 is 0 Å². The predicted molar refractivity (Wildman–Crippen MR) is 48.3 cm³/mol. The van der Waals surface area contributed by atoms with Gasteiger partial charge in [-0.1, -0.05) is 18.2 Å². The monoisotopic (exact) mass is 175 g/mol. The summed E-state index contributed by atoms with van der Waals surface area (Å²) in [4.78, 5) is 3.87. The molecular formula is C10H9NO2. The highest BCUT2D eigenvalue weighted by Crippen LogP contribution is 2.24. The number of hydrogen-bond donors (Lipinski definition) is 1. The van der Waals surface area contributed by atoms with Crippen LogP contribution >= 0.6 is 0 Å². The van der Waals surface area contributed by atoms with Gasteiger partial charge in [0.2, 0.25) is 5.89 Å². The Kier molecular flexibility index (Phi) is 1.77. The topological polar surface area (TPSA) is 46.3 Å². The second kappa shape index (κ2) is 2.94. The Labute approximate surface area is 75.7 Å². The molecule has 13 heavy (non-hydrogen) atoms. The molecule has 1 aromatic carbocycles. The molecular weight excluding hydrogens is 166 g/mol. The molecule has 0 aliphatic carbocycles. The highest BCUT2D eigenvalue weighted by atomic mass is 16.4. The predicted octanol–water partition coefficient (Wildman–Crippen LogP) is 2.36. The zero-order chi connectivity index (χ0) is 9.26. The van der Waals surface area contributed by atoms with Gasteiger partial charge in [0.25, 0.3) is 5.88 Å². The molecule has 66 valence electrons. The van der Waals surface area contributed by atoms with Crippen LogP contribution in [0.5, 0.6) is 5.88 Å². The van der Waals surface area contributed by atoms with Crippen molar-refractivity contribution in [1.29, 1.82) is 0 Å². The van der Waals surface area contributed by atoms with Crippen molar-refractivity contribution >= 4 is 0 Å². The van der Waals surface area contributed by atoms with Crippen LogP contribution in [0.4, 0.5) is 0 Å². The van der Waals surface area contributed by atoms with E-state index < -0.39 is 0 Å². The van der Waals surface area contributed by atoms with E-state index in [0.717, 1.165) is 5.56 Å². The van der Waals surface area contributed by atoms with E-state index in [4.69, 9.17) is 4.42 Å². The quantitative estimate of drug-likeness (QED) is 0.723. The lowest BCUT2D eigenvalue weighted by atomic mass is 10.2. The van der Waals surface area contributed by atoms with Gasteiger partial charge < -0.3 is 9.52 Å². The van der Waals surface area contributed by atoms with Gasteiger partial charge in [-0.15, -0.1) is 0 Å². The maximum absolute atomic E-state index is 9.20. The van der Waals surface area contributed by atoms with Crippen LogP contribution in [0.2, 0.25) is 0 Å². The Bertz CT molecular complexity index is 387. The summed E-state index contributed by atoms with van der Waals surface area (Å²) in [6, 6.07) is 9.46. The number of rotatable bonds is 1. The molecule has 0 aliphatic rings. The number of hydrogen-bond acceptors (Lipinski definition) is 3. The Morgan fingerprint density at radius 3 is 2.46 bits per heavy atom. The number of aromatic nitrogens is 1. The van der Waals surface area contributed by atoms with Crippen LogP contribution in [-0.2, 0) is 0 Å². The van der Waals surface area contributed by atoms with Crippen molar-refractivity contribution < 1.29 is 9.52 Å². The molecule has 1 N–H and O–H groups in total. The van der Waals surface area contributed by atoms with Gasteiger partial charge in [-0.2, -0.15) is 4.98 Å². The lowest BCUT2D eigenvalue weighted by molar-refractivity contribution is 0.436. The van der Waals surface area contributed by atoms with Crippen LogP contribution in [0.15, 0.2) is 34.7 Å². The lowest BCUT2D eigenvalue weighted by Crippen LogP contribution is -1.74. The third kappa shape index (κ3) is 1.40. The van der Waals surface area contributed by atoms with Crippen LogP contribution in [0.3, 0.4) is 0 Å². The molecule has 0 saturated heterocycles. The van der Waals surface area contributed by atoms with Crippen LogP contribution in [0.25, 0.3) is 11.5 Å². The average molecular weight is 175 g/mol. The van der Waals surface area contributed by atoms with Crippen molar-refractivity contribution in [1.82, 2.24) is 4.98 Å². The van der Waals surface area contributed by atoms with E-state index in [1.165, 1.54) is 0 Å². The SMILES string of the molecule is Cc1oc(-c2ccccc2)nc1O. The number of aromatic hydroxyl groups is 1. The van der Waals surface area contributed by atoms with Crippen molar-refractivity contribution in [3.63, 3.8) is 0 Å². The summed E-state index contributed by atoms with van der Waals surface area (Å²) in [6.45, 7) is 1.68. The van der Waals surface area contributed by atoms with E-state index in [1.807, 2.05) is 30.3 Å². The number of nitrogens with zero attached hydrogens (tertiary/aromatic N) is 1. The summed E-state index contributed by atoms with van der Waals surface area (Å²) in [5.41, 5.74) is 0.867. The number of benzene rings is 1. The fraction of sp³-hybridized carbons (Fsp3) is 0.100. The maximum atomic E-state index is 9.20. The van der Waals surface area contributed by atoms with Crippen molar-refractivity contribution in [2.75, 3.05) is 0 Å². The van der Waals surface area contributed by atoms with Gasteiger partial charge >= 0.3 is 0 Å². The maximum Gasteiger partial charge on any atom is 0.253 e. The summed E-state index contributed by atoms with van der Waals surface area (Å²) in [6.07, 6.45) is 0. The van der Waals surface area contributed by atoms with Crippen molar-refractivity contribution in [2.24, 2.45) is 0 Å². The standard InChI is InChI=1S/C10H9NO2/c1-7-9(12)11-10(13-7)8-5-3-2-4-6-8/h2-6,12H,1H3. The molecule has 2 rings (SSSR count). The minimum atomic E-state index is -0.0427. The molecule has 3 heteroatoms. The fourth-order valence-electron chi connectivity index (χ4n) is 1.09. The average Bonchev–Trinajstić information content (AvgIpc) is 2.49. The molecule has 0 fully saturated rings. The Morgan fingerprint density at radius 1 is 1.23 bits per heavy atom. The molecule has 0 amide bonds. The largest absolute Gasteiger partial charge is 0.491 e. The van der Waals surface area contributed by atoms with Crippen molar-refractivity contribution in [2.45, 2.75) is 6.92 Å². The molecule has 0 atom stereocenters. The Balaban J connectivity index is 2.48. The molecule has 0 saturated carbocycles. The van der Waals surface area contributed by atoms with E-state index in [-0.39, 0.29) is 5.88 Å². The number of aryl methyl sites for hydroxylation is 1. The summed E-state index contributed by atoms with van der Waals surface area (Å²) < 4.78 is 5.24. The Hall–Kier alpha value is -1.77. The third-order valence-corrected chi connectivity index (χ3v) is 1.79. The van der Waals surface area contributed by atoms with Gasteiger partial charge in [-0.25, -0.2) is 0 Å². The fourth-order valence-corrected chi connectivity index (χ4v) is 1.09. The molecule has 1 heterocycles. The van der Waals surface area contributed by atoms with Crippen LogP contribution in [0, 0.1) is 6.92 Å². The highest BCUT2D eigenvalue weighted by Gasteiger charge is 2.08. The first kappa shape index (κ1) is 7.86. The summed E-state index contributed by atoms with van der Waals surface area (Å²) >= 11 is 0. The van der Waals surface area contributed by atoms with Gasteiger partial charge in [-0.3, -0.25) is 0 Å². The minimum Gasteiger partial charge on any atom is -0.491 e.